The molecule has 2 rings (SSSR count). The number of ether oxygens (including phenoxy) is 1. The molecule has 0 spiro atoms. The normalized spacial score (nSPS) is 10.4. The molecule has 18 heavy (non-hydrogen) atoms. The van der Waals surface area contributed by atoms with E-state index in [1.54, 1.807) is 0 Å². The first-order valence-corrected chi connectivity index (χ1v) is 5.71. The Kier molecular flexibility index (Phi) is 3.62. The lowest BCUT2D eigenvalue weighted by atomic mass is 10.3. The van der Waals surface area contributed by atoms with Gasteiger partial charge >= 0.3 is 0 Å². The Morgan fingerprint density at radius 3 is 2.89 bits per heavy atom. The van der Waals surface area contributed by atoms with Gasteiger partial charge in [0.25, 0.3) is 5.56 Å². The van der Waals surface area contributed by atoms with Crippen LogP contribution >= 0.6 is 11.6 Å². The maximum atomic E-state index is 12.0. The first kappa shape index (κ1) is 12.6. The maximum Gasteiger partial charge on any atom is 0.297 e. The molecule has 0 atom stereocenters. The van der Waals surface area contributed by atoms with Gasteiger partial charge in [-0.1, -0.05) is 17.7 Å². The summed E-state index contributed by atoms with van der Waals surface area (Å²) in [6, 6.07) is 5.64. The highest BCUT2D eigenvalue weighted by molar-refractivity contribution is 6.30. The predicted octanol–water partition coefficient (Wildman–Crippen LogP) is 1.66. The zero-order chi connectivity index (χ0) is 13.1. The van der Waals surface area contributed by atoms with Gasteiger partial charge in [0.1, 0.15) is 0 Å². The number of aromatic nitrogens is 3. The molecule has 0 radical (unpaired) electrons. The second kappa shape index (κ2) is 5.18. The number of nitrogens with zero attached hydrogens (tertiary/aromatic N) is 3. The molecular formula is C12H12ClN3O2. The van der Waals surface area contributed by atoms with E-state index in [2.05, 4.69) is 9.97 Å². The van der Waals surface area contributed by atoms with Crippen LogP contribution in [0.15, 0.2) is 29.3 Å². The van der Waals surface area contributed by atoms with Crippen LogP contribution in [-0.2, 0) is 6.54 Å². The van der Waals surface area contributed by atoms with E-state index in [1.807, 2.05) is 25.1 Å². The third kappa shape index (κ3) is 2.51. The highest BCUT2D eigenvalue weighted by atomic mass is 35.5. The van der Waals surface area contributed by atoms with Gasteiger partial charge in [-0.2, -0.15) is 0 Å². The van der Waals surface area contributed by atoms with Crippen LogP contribution in [0.2, 0.25) is 5.15 Å². The quantitative estimate of drug-likeness (QED) is 0.792. The minimum atomic E-state index is -0.319. The van der Waals surface area contributed by atoms with Gasteiger partial charge in [0.05, 0.1) is 25.7 Å². The van der Waals surface area contributed by atoms with Crippen molar-refractivity contribution in [1.82, 2.24) is 14.5 Å². The van der Waals surface area contributed by atoms with Crippen LogP contribution in [0.3, 0.4) is 0 Å². The fourth-order valence-corrected chi connectivity index (χ4v) is 1.80. The zero-order valence-electron chi connectivity index (χ0n) is 10.1. The Hall–Kier alpha value is -1.88. The molecule has 0 amide bonds. The van der Waals surface area contributed by atoms with Crippen molar-refractivity contribution in [3.05, 3.63) is 51.4 Å². The molecule has 0 aliphatic heterocycles. The van der Waals surface area contributed by atoms with Crippen LogP contribution in [0.1, 0.15) is 11.4 Å². The first-order chi connectivity index (χ1) is 8.61. The lowest BCUT2D eigenvalue weighted by molar-refractivity contribution is 0.400. The zero-order valence-corrected chi connectivity index (χ0v) is 10.8. The summed E-state index contributed by atoms with van der Waals surface area (Å²) < 4.78 is 6.34. The van der Waals surface area contributed by atoms with E-state index in [0.29, 0.717) is 6.54 Å². The summed E-state index contributed by atoms with van der Waals surface area (Å²) in [6.07, 6.45) is 1.39. The van der Waals surface area contributed by atoms with Crippen LogP contribution in [0.5, 0.6) is 5.75 Å². The fraction of sp³-hybridized carbons (Fsp3) is 0.250. The van der Waals surface area contributed by atoms with Gasteiger partial charge < -0.3 is 4.74 Å². The fourth-order valence-electron chi connectivity index (χ4n) is 1.60. The van der Waals surface area contributed by atoms with Gasteiger partial charge in [0.15, 0.2) is 5.15 Å². The molecule has 0 N–H and O–H groups in total. The third-order valence-corrected chi connectivity index (χ3v) is 2.70. The molecule has 0 aromatic carbocycles. The number of pyridine rings is 1. The van der Waals surface area contributed by atoms with Gasteiger partial charge in [-0.05, 0) is 19.1 Å². The standard InChI is InChI=1S/C12H12ClN3O2/c1-8-4-3-5-9(15-8)6-16-7-14-11(13)10(18-2)12(16)17/h3-5,7H,6H2,1-2H3. The molecule has 6 heteroatoms. The Morgan fingerprint density at radius 1 is 1.44 bits per heavy atom. The monoisotopic (exact) mass is 265 g/mol. The van der Waals surface area contributed by atoms with Crippen molar-refractivity contribution in [1.29, 1.82) is 0 Å². The molecule has 2 heterocycles. The molecule has 5 nitrogen and oxygen atoms in total. The molecule has 0 fully saturated rings. The van der Waals surface area contributed by atoms with Gasteiger partial charge in [-0.3, -0.25) is 14.3 Å². The minimum absolute atomic E-state index is 0.0480. The summed E-state index contributed by atoms with van der Waals surface area (Å²) in [7, 11) is 1.39. The van der Waals surface area contributed by atoms with Gasteiger partial charge in [-0.25, -0.2) is 4.98 Å². The van der Waals surface area contributed by atoms with Crippen molar-refractivity contribution >= 4 is 11.6 Å². The minimum Gasteiger partial charge on any atom is -0.489 e. The van der Waals surface area contributed by atoms with E-state index in [1.165, 1.54) is 18.0 Å². The summed E-state index contributed by atoms with van der Waals surface area (Å²) >= 11 is 5.76. The van der Waals surface area contributed by atoms with Crippen molar-refractivity contribution in [2.45, 2.75) is 13.5 Å². The topological polar surface area (TPSA) is 57.0 Å². The van der Waals surface area contributed by atoms with Crippen LogP contribution in [-0.4, -0.2) is 21.6 Å². The molecule has 2 aromatic rings. The van der Waals surface area contributed by atoms with Crippen LogP contribution in [0.25, 0.3) is 0 Å². The van der Waals surface area contributed by atoms with Crippen molar-refractivity contribution < 1.29 is 4.74 Å². The van der Waals surface area contributed by atoms with E-state index in [4.69, 9.17) is 16.3 Å². The van der Waals surface area contributed by atoms with Crippen molar-refractivity contribution in [3.63, 3.8) is 0 Å². The third-order valence-electron chi connectivity index (χ3n) is 2.44. The second-order valence-electron chi connectivity index (χ2n) is 3.77. The summed E-state index contributed by atoms with van der Waals surface area (Å²) in [5, 5.41) is 0.0657. The van der Waals surface area contributed by atoms with E-state index >= 15 is 0 Å². The average molecular weight is 266 g/mol. The Balaban J connectivity index is 2.39. The highest BCUT2D eigenvalue weighted by Gasteiger charge is 2.10. The molecule has 0 saturated heterocycles. The van der Waals surface area contributed by atoms with E-state index in [0.717, 1.165) is 11.4 Å². The molecule has 94 valence electrons. The van der Waals surface area contributed by atoms with Gasteiger partial charge in [0, 0.05) is 5.69 Å². The number of halogens is 1. The molecule has 0 aliphatic rings. The Bertz CT molecular complexity index is 625. The average Bonchev–Trinajstić information content (AvgIpc) is 2.34. The molecule has 0 aliphatic carbocycles. The number of rotatable bonds is 3. The molecule has 0 bridgehead atoms. The summed E-state index contributed by atoms with van der Waals surface area (Å²) in [4.78, 5) is 20.2. The highest BCUT2D eigenvalue weighted by Crippen LogP contribution is 2.15. The van der Waals surface area contributed by atoms with E-state index in [-0.39, 0.29) is 16.5 Å². The number of methoxy groups -OCH3 is 1. The second-order valence-corrected chi connectivity index (χ2v) is 4.13. The molecule has 0 unspecified atom stereocenters. The lowest BCUT2D eigenvalue weighted by Crippen LogP contribution is -2.23. The lowest BCUT2D eigenvalue weighted by Gasteiger charge is -2.08. The Labute approximate surface area is 109 Å². The molecule has 2 aromatic heterocycles. The van der Waals surface area contributed by atoms with Gasteiger partial charge in [-0.15, -0.1) is 0 Å². The number of hydrogen-bond donors (Lipinski definition) is 0. The number of aryl methyl sites for hydroxylation is 1. The van der Waals surface area contributed by atoms with Crippen LogP contribution in [0.4, 0.5) is 0 Å². The van der Waals surface area contributed by atoms with E-state index in [9.17, 15) is 4.79 Å². The van der Waals surface area contributed by atoms with Gasteiger partial charge in [0.2, 0.25) is 5.75 Å². The largest absolute Gasteiger partial charge is 0.489 e. The molecular weight excluding hydrogens is 254 g/mol. The number of hydrogen-bond acceptors (Lipinski definition) is 4. The molecule has 0 saturated carbocycles. The smallest absolute Gasteiger partial charge is 0.297 e. The van der Waals surface area contributed by atoms with Crippen molar-refractivity contribution in [3.8, 4) is 5.75 Å². The Morgan fingerprint density at radius 2 is 2.22 bits per heavy atom. The van der Waals surface area contributed by atoms with Crippen LogP contribution in [0, 0.1) is 6.92 Å². The maximum absolute atomic E-state index is 12.0. The SMILES string of the molecule is COc1c(Cl)ncn(Cc2cccc(C)n2)c1=O. The van der Waals surface area contributed by atoms with Crippen molar-refractivity contribution in [2.24, 2.45) is 0 Å². The summed E-state index contributed by atoms with van der Waals surface area (Å²) in [5.74, 6) is 0.0480. The van der Waals surface area contributed by atoms with Crippen LogP contribution < -0.4 is 10.3 Å². The van der Waals surface area contributed by atoms with E-state index < -0.39 is 0 Å². The van der Waals surface area contributed by atoms with Crippen molar-refractivity contribution in [2.75, 3.05) is 7.11 Å². The summed E-state index contributed by atoms with van der Waals surface area (Å²) in [6.45, 7) is 2.23. The first-order valence-electron chi connectivity index (χ1n) is 5.33. The summed E-state index contributed by atoms with van der Waals surface area (Å²) in [5.41, 5.74) is 1.36. The predicted molar refractivity (Wildman–Crippen MR) is 68.1 cm³/mol.